The molecule has 1 unspecified atom stereocenters. The van der Waals surface area contributed by atoms with Gasteiger partial charge in [-0.3, -0.25) is 4.79 Å². The first kappa shape index (κ1) is 15.0. The summed E-state index contributed by atoms with van der Waals surface area (Å²) in [5.74, 6) is 0.0780. The third-order valence-electron chi connectivity index (χ3n) is 3.29. The molecule has 0 aromatic heterocycles. The minimum absolute atomic E-state index is 0.0649. The molecule has 0 bridgehead atoms. The number of nitrogens with two attached hydrogens (primary N) is 1. The molecule has 0 spiro atoms. The van der Waals surface area contributed by atoms with Crippen molar-refractivity contribution in [2.75, 3.05) is 0 Å². The maximum Gasteiger partial charge on any atom is 0.237 e. The molecule has 3 N–H and O–H groups in total. The van der Waals surface area contributed by atoms with Gasteiger partial charge in [0.05, 0.1) is 12.1 Å². The van der Waals surface area contributed by atoms with Gasteiger partial charge in [-0.25, -0.2) is 0 Å². The van der Waals surface area contributed by atoms with Crippen LogP contribution in [0.25, 0.3) is 0 Å². The molecule has 0 radical (unpaired) electrons. The number of amides is 1. The number of hydrogen-bond acceptors (Lipinski definition) is 2. The Hall–Kier alpha value is -1.06. The van der Waals surface area contributed by atoms with Gasteiger partial charge < -0.3 is 11.1 Å². The predicted molar refractivity (Wildman–Crippen MR) is 75.4 cm³/mol. The van der Waals surface area contributed by atoms with E-state index in [9.17, 15) is 4.79 Å². The van der Waals surface area contributed by atoms with Crippen molar-refractivity contribution in [2.24, 2.45) is 11.7 Å². The smallest absolute Gasteiger partial charge is 0.237 e. The zero-order valence-electron chi connectivity index (χ0n) is 11.1. The molecule has 18 heavy (non-hydrogen) atoms. The molecule has 0 heterocycles. The highest BCUT2D eigenvalue weighted by Crippen LogP contribution is 2.16. The number of rotatable bonds is 5. The molecule has 100 valence electrons. The van der Waals surface area contributed by atoms with E-state index in [1.807, 2.05) is 45.0 Å². The van der Waals surface area contributed by atoms with Crippen LogP contribution in [0.3, 0.4) is 0 Å². The number of hydrogen-bond donors (Lipinski definition) is 2. The summed E-state index contributed by atoms with van der Waals surface area (Å²) in [4.78, 5) is 11.9. The van der Waals surface area contributed by atoms with Crippen LogP contribution in [0.2, 0.25) is 5.02 Å². The summed E-state index contributed by atoms with van der Waals surface area (Å²) < 4.78 is 0. The first-order valence-corrected chi connectivity index (χ1v) is 6.65. The van der Waals surface area contributed by atoms with E-state index in [2.05, 4.69) is 5.32 Å². The minimum Gasteiger partial charge on any atom is -0.348 e. The third kappa shape index (κ3) is 4.00. The van der Waals surface area contributed by atoms with Crippen molar-refractivity contribution in [1.29, 1.82) is 0 Å². The number of carbonyl (C=O) groups is 1. The number of benzene rings is 1. The van der Waals surface area contributed by atoms with Gasteiger partial charge in [-0.15, -0.1) is 0 Å². The molecule has 1 aromatic rings. The summed E-state index contributed by atoms with van der Waals surface area (Å²) in [6.45, 7) is 5.95. The Kier molecular flexibility index (Phi) is 5.63. The van der Waals surface area contributed by atoms with E-state index in [4.69, 9.17) is 17.3 Å². The van der Waals surface area contributed by atoms with Crippen molar-refractivity contribution >= 4 is 17.5 Å². The van der Waals surface area contributed by atoms with Crippen LogP contribution in [0.15, 0.2) is 24.3 Å². The average molecular weight is 269 g/mol. The standard InChI is InChI=1S/C14H21ClN2O/c1-4-9(2)13(16)14(18)17-10(3)11-5-7-12(15)8-6-11/h5-10,13H,4,16H2,1-3H3,(H,17,18)/t9?,10-,13-/m0/s1. The highest BCUT2D eigenvalue weighted by Gasteiger charge is 2.21. The Morgan fingerprint density at radius 1 is 1.33 bits per heavy atom. The van der Waals surface area contributed by atoms with Crippen LogP contribution in [0.4, 0.5) is 0 Å². The van der Waals surface area contributed by atoms with Crippen molar-refractivity contribution in [2.45, 2.75) is 39.3 Å². The highest BCUT2D eigenvalue weighted by molar-refractivity contribution is 6.30. The number of halogens is 1. The molecule has 0 saturated heterocycles. The van der Waals surface area contributed by atoms with Crippen molar-refractivity contribution in [3.05, 3.63) is 34.9 Å². The Labute approximate surface area is 114 Å². The third-order valence-corrected chi connectivity index (χ3v) is 3.54. The summed E-state index contributed by atoms with van der Waals surface area (Å²) in [7, 11) is 0. The molecule has 0 aliphatic carbocycles. The van der Waals surface area contributed by atoms with Gasteiger partial charge in [0.1, 0.15) is 0 Å². The molecule has 0 saturated carbocycles. The van der Waals surface area contributed by atoms with Gasteiger partial charge in [-0.05, 0) is 30.5 Å². The van der Waals surface area contributed by atoms with Gasteiger partial charge in [0.15, 0.2) is 0 Å². The normalized spacial score (nSPS) is 15.8. The zero-order chi connectivity index (χ0) is 13.7. The summed E-state index contributed by atoms with van der Waals surface area (Å²) in [6, 6.07) is 6.92. The minimum atomic E-state index is -0.454. The number of nitrogens with one attached hydrogen (secondary N) is 1. The summed E-state index contributed by atoms with van der Waals surface area (Å²) in [5.41, 5.74) is 6.91. The Bertz CT molecular complexity index is 391. The molecule has 3 atom stereocenters. The molecule has 0 aliphatic rings. The number of carbonyl (C=O) groups excluding carboxylic acids is 1. The van der Waals surface area contributed by atoms with Gasteiger partial charge in [0, 0.05) is 5.02 Å². The van der Waals surface area contributed by atoms with Crippen LogP contribution >= 0.6 is 11.6 Å². The van der Waals surface area contributed by atoms with Crippen LogP contribution < -0.4 is 11.1 Å². The average Bonchev–Trinajstić information content (AvgIpc) is 2.37. The molecule has 1 amide bonds. The van der Waals surface area contributed by atoms with E-state index < -0.39 is 6.04 Å². The lowest BCUT2D eigenvalue weighted by atomic mass is 9.98. The topological polar surface area (TPSA) is 55.1 Å². The quantitative estimate of drug-likeness (QED) is 0.863. The first-order valence-electron chi connectivity index (χ1n) is 6.27. The molecular formula is C14H21ClN2O. The SMILES string of the molecule is CCC(C)[C@H](N)C(=O)N[C@@H](C)c1ccc(Cl)cc1. The van der Waals surface area contributed by atoms with E-state index in [0.717, 1.165) is 12.0 Å². The lowest BCUT2D eigenvalue weighted by Crippen LogP contribution is -2.45. The molecule has 1 aromatic carbocycles. The second-order valence-corrected chi connectivity index (χ2v) is 5.13. The van der Waals surface area contributed by atoms with Crippen LogP contribution in [0.5, 0.6) is 0 Å². The second kappa shape index (κ2) is 6.76. The van der Waals surface area contributed by atoms with Crippen molar-refractivity contribution in [3.8, 4) is 0 Å². The van der Waals surface area contributed by atoms with Crippen LogP contribution in [0, 0.1) is 5.92 Å². The van der Waals surface area contributed by atoms with E-state index in [-0.39, 0.29) is 17.9 Å². The van der Waals surface area contributed by atoms with Gasteiger partial charge in [-0.1, -0.05) is 44.0 Å². The first-order chi connectivity index (χ1) is 8.45. The van der Waals surface area contributed by atoms with E-state index in [1.165, 1.54) is 0 Å². The molecule has 0 aliphatic heterocycles. The Morgan fingerprint density at radius 3 is 2.39 bits per heavy atom. The maximum atomic E-state index is 11.9. The summed E-state index contributed by atoms with van der Waals surface area (Å²) in [5, 5.41) is 3.61. The zero-order valence-corrected chi connectivity index (χ0v) is 11.9. The lowest BCUT2D eigenvalue weighted by molar-refractivity contribution is -0.124. The molecule has 0 fully saturated rings. The molecular weight excluding hydrogens is 248 g/mol. The fourth-order valence-electron chi connectivity index (χ4n) is 1.66. The van der Waals surface area contributed by atoms with Gasteiger partial charge in [0.2, 0.25) is 5.91 Å². The van der Waals surface area contributed by atoms with Gasteiger partial charge in [0.25, 0.3) is 0 Å². The van der Waals surface area contributed by atoms with Gasteiger partial charge >= 0.3 is 0 Å². The fraction of sp³-hybridized carbons (Fsp3) is 0.500. The summed E-state index contributed by atoms with van der Waals surface area (Å²) >= 11 is 5.83. The largest absolute Gasteiger partial charge is 0.348 e. The van der Waals surface area contributed by atoms with E-state index in [1.54, 1.807) is 0 Å². The maximum absolute atomic E-state index is 11.9. The molecule has 4 heteroatoms. The molecule has 1 rings (SSSR count). The summed E-state index contributed by atoms with van der Waals surface area (Å²) in [6.07, 6.45) is 0.893. The van der Waals surface area contributed by atoms with Crippen molar-refractivity contribution in [1.82, 2.24) is 5.32 Å². The van der Waals surface area contributed by atoms with E-state index in [0.29, 0.717) is 5.02 Å². The van der Waals surface area contributed by atoms with Crippen LogP contribution in [-0.2, 0) is 4.79 Å². The predicted octanol–water partition coefficient (Wildman–Crippen LogP) is 2.89. The monoisotopic (exact) mass is 268 g/mol. The van der Waals surface area contributed by atoms with Crippen molar-refractivity contribution < 1.29 is 4.79 Å². The van der Waals surface area contributed by atoms with Gasteiger partial charge in [-0.2, -0.15) is 0 Å². The van der Waals surface area contributed by atoms with E-state index >= 15 is 0 Å². The second-order valence-electron chi connectivity index (χ2n) is 4.69. The highest BCUT2D eigenvalue weighted by atomic mass is 35.5. The van der Waals surface area contributed by atoms with Crippen LogP contribution in [-0.4, -0.2) is 11.9 Å². The van der Waals surface area contributed by atoms with Crippen LogP contribution in [0.1, 0.15) is 38.8 Å². The fourth-order valence-corrected chi connectivity index (χ4v) is 1.78. The Morgan fingerprint density at radius 2 is 1.89 bits per heavy atom. The van der Waals surface area contributed by atoms with Crippen molar-refractivity contribution in [3.63, 3.8) is 0 Å². The molecule has 3 nitrogen and oxygen atoms in total. The Balaban J connectivity index is 2.61. The lowest BCUT2D eigenvalue weighted by Gasteiger charge is -2.21.